The molecule has 174 valence electrons. The van der Waals surface area contributed by atoms with Gasteiger partial charge in [0.15, 0.2) is 11.5 Å². The summed E-state index contributed by atoms with van der Waals surface area (Å²) in [6.07, 6.45) is 1.48. The molecule has 4 aromatic rings. The molecular formula is C25H25FN6O2. The molecule has 5 rings (SSSR count). The number of carbonyl (C=O) groups is 1. The minimum absolute atomic E-state index is 0.0352. The van der Waals surface area contributed by atoms with Crippen molar-refractivity contribution in [1.29, 1.82) is 0 Å². The number of benzene rings is 2. The highest BCUT2D eigenvalue weighted by molar-refractivity contribution is 5.79. The summed E-state index contributed by atoms with van der Waals surface area (Å²) in [6.45, 7) is 1.86. The molecule has 0 aliphatic carbocycles. The lowest BCUT2D eigenvalue weighted by atomic mass is 9.96. The highest BCUT2D eigenvalue weighted by Gasteiger charge is 2.26. The lowest BCUT2D eigenvalue weighted by Crippen LogP contribution is -2.40. The SMILES string of the molecule is COc1ccc(-c2nnc3ccc(N4CCC(C(=O)NCc5ccc(F)cc5)CC4)nn23)cc1. The van der Waals surface area contributed by atoms with Crippen LogP contribution in [0.1, 0.15) is 18.4 Å². The van der Waals surface area contributed by atoms with Crippen LogP contribution in [0.2, 0.25) is 0 Å². The first-order valence-electron chi connectivity index (χ1n) is 11.2. The fourth-order valence-corrected chi connectivity index (χ4v) is 4.17. The van der Waals surface area contributed by atoms with Gasteiger partial charge >= 0.3 is 0 Å². The molecule has 2 aromatic heterocycles. The summed E-state index contributed by atoms with van der Waals surface area (Å²) in [7, 11) is 1.63. The van der Waals surface area contributed by atoms with Crippen LogP contribution in [0.3, 0.4) is 0 Å². The predicted octanol–water partition coefficient (Wildman–Crippen LogP) is 3.47. The van der Waals surface area contributed by atoms with Crippen molar-refractivity contribution in [3.8, 4) is 17.1 Å². The average Bonchev–Trinajstić information content (AvgIpc) is 3.31. The van der Waals surface area contributed by atoms with E-state index in [0.717, 1.165) is 48.6 Å². The van der Waals surface area contributed by atoms with Gasteiger partial charge in [-0.05, 0) is 66.9 Å². The molecule has 1 N–H and O–H groups in total. The van der Waals surface area contributed by atoms with Gasteiger partial charge in [0, 0.05) is 31.1 Å². The van der Waals surface area contributed by atoms with Gasteiger partial charge < -0.3 is 15.0 Å². The second-order valence-electron chi connectivity index (χ2n) is 8.32. The second-order valence-corrected chi connectivity index (χ2v) is 8.32. The van der Waals surface area contributed by atoms with Crippen LogP contribution in [-0.2, 0) is 11.3 Å². The maximum atomic E-state index is 13.0. The molecule has 1 aliphatic heterocycles. The van der Waals surface area contributed by atoms with Crippen molar-refractivity contribution in [2.45, 2.75) is 19.4 Å². The molecule has 2 aromatic carbocycles. The zero-order valence-electron chi connectivity index (χ0n) is 18.8. The van der Waals surface area contributed by atoms with Gasteiger partial charge in [-0.2, -0.15) is 4.52 Å². The lowest BCUT2D eigenvalue weighted by molar-refractivity contribution is -0.125. The minimum atomic E-state index is -0.281. The van der Waals surface area contributed by atoms with Gasteiger partial charge in [-0.3, -0.25) is 4.79 Å². The Hall–Kier alpha value is -4.01. The topological polar surface area (TPSA) is 84.7 Å². The Morgan fingerprint density at radius 3 is 2.47 bits per heavy atom. The van der Waals surface area contributed by atoms with E-state index < -0.39 is 0 Å². The molecule has 8 nitrogen and oxygen atoms in total. The maximum absolute atomic E-state index is 13.0. The molecule has 1 aliphatic rings. The molecule has 1 saturated heterocycles. The molecule has 0 atom stereocenters. The van der Waals surface area contributed by atoms with E-state index in [1.165, 1.54) is 12.1 Å². The number of nitrogens with zero attached hydrogens (tertiary/aromatic N) is 5. The third kappa shape index (κ3) is 4.54. The number of aromatic nitrogens is 4. The highest BCUT2D eigenvalue weighted by Crippen LogP contribution is 2.25. The van der Waals surface area contributed by atoms with Crippen LogP contribution in [0, 0.1) is 11.7 Å². The summed E-state index contributed by atoms with van der Waals surface area (Å²) in [5, 5.41) is 16.3. The van der Waals surface area contributed by atoms with Crippen molar-refractivity contribution in [1.82, 2.24) is 25.1 Å². The quantitative estimate of drug-likeness (QED) is 0.474. The van der Waals surface area contributed by atoms with E-state index in [0.29, 0.717) is 18.0 Å². The van der Waals surface area contributed by atoms with Gasteiger partial charge in [0.1, 0.15) is 17.4 Å². The number of nitrogens with one attached hydrogen (secondary N) is 1. The molecule has 34 heavy (non-hydrogen) atoms. The number of amides is 1. The van der Waals surface area contributed by atoms with Crippen LogP contribution in [0.15, 0.2) is 60.7 Å². The van der Waals surface area contributed by atoms with Gasteiger partial charge in [-0.1, -0.05) is 12.1 Å². The maximum Gasteiger partial charge on any atom is 0.223 e. The first-order chi connectivity index (χ1) is 16.6. The number of carbonyl (C=O) groups excluding carboxylic acids is 1. The number of ether oxygens (including phenoxy) is 1. The van der Waals surface area contributed by atoms with E-state index in [1.54, 1.807) is 23.8 Å². The summed E-state index contributed by atoms with van der Waals surface area (Å²) in [6, 6.07) is 17.6. The molecule has 0 spiro atoms. The van der Waals surface area contributed by atoms with Gasteiger partial charge in [-0.25, -0.2) is 4.39 Å². The van der Waals surface area contributed by atoms with Gasteiger partial charge in [0.25, 0.3) is 0 Å². The van der Waals surface area contributed by atoms with Crippen LogP contribution in [0.5, 0.6) is 5.75 Å². The van der Waals surface area contributed by atoms with Crippen molar-refractivity contribution in [3.05, 3.63) is 72.0 Å². The third-order valence-corrected chi connectivity index (χ3v) is 6.17. The number of anilines is 1. The first kappa shape index (κ1) is 21.8. The predicted molar refractivity (Wildman–Crippen MR) is 126 cm³/mol. The zero-order valence-corrected chi connectivity index (χ0v) is 18.8. The Labute approximate surface area is 196 Å². The fourth-order valence-electron chi connectivity index (χ4n) is 4.17. The van der Waals surface area contributed by atoms with Crippen molar-refractivity contribution in [3.63, 3.8) is 0 Å². The molecule has 0 bridgehead atoms. The molecule has 0 saturated carbocycles. The lowest BCUT2D eigenvalue weighted by Gasteiger charge is -2.32. The summed E-state index contributed by atoms with van der Waals surface area (Å²) >= 11 is 0. The van der Waals surface area contributed by atoms with Gasteiger partial charge in [-0.15, -0.1) is 15.3 Å². The van der Waals surface area contributed by atoms with Crippen molar-refractivity contribution in [2.75, 3.05) is 25.1 Å². The molecule has 1 fully saturated rings. The Balaban J connectivity index is 1.23. The molecule has 3 heterocycles. The van der Waals surface area contributed by atoms with Crippen molar-refractivity contribution < 1.29 is 13.9 Å². The van der Waals surface area contributed by atoms with Crippen molar-refractivity contribution >= 4 is 17.4 Å². The second kappa shape index (κ2) is 9.46. The number of hydrogen-bond acceptors (Lipinski definition) is 6. The van der Waals surface area contributed by atoms with Gasteiger partial charge in [0.05, 0.1) is 7.11 Å². The Morgan fingerprint density at radius 2 is 1.76 bits per heavy atom. The molecule has 1 amide bonds. The van der Waals surface area contributed by atoms with Crippen LogP contribution >= 0.6 is 0 Å². The Morgan fingerprint density at radius 1 is 1.03 bits per heavy atom. The molecular weight excluding hydrogens is 435 g/mol. The van der Waals surface area contributed by atoms with E-state index in [2.05, 4.69) is 20.4 Å². The van der Waals surface area contributed by atoms with E-state index in [-0.39, 0.29) is 17.6 Å². The molecule has 9 heteroatoms. The monoisotopic (exact) mass is 460 g/mol. The van der Waals surface area contributed by atoms with Crippen LogP contribution in [-0.4, -0.2) is 45.9 Å². The molecule has 0 radical (unpaired) electrons. The van der Waals surface area contributed by atoms with E-state index in [9.17, 15) is 9.18 Å². The first-order valence-corrected chi connectivity index (χ1v) is 11.2. The normalized spacial score (nSPS) is 14.4. The average molecular weight is 461 g/mol. The number of rotatable bonds is 6. The zero-order chi connectivity index (χ0) is 23.5. The summed E-state index contributed by atoms with van der Waals surface area (Å²) in [4.78, 5) is 14.8. The smallest absolute Gasteiger partial charge is 0.223 e. The minimum Gasteiger partial charge on any atom is -0.497 e. The Bertz CT molecular complexity index is 1280. The summed E-state index contributed by atoms with van der Waals surface area (Å²) in [5.41, 5.74) is 2.45. The fraction of sp³-hybridized carbons (Fsp3) is 0.280. The Kier molecular flexibility index (Phi) is 6.07. The highest BCUT2D eigenvalue weighted by atomic mass is 19.1. The summed E-state index contributed by atoms with van der Waals surface area (Å²) in [5.74, 6) is 1.97. The number of halogens is 1. The molecule has 0 unspecified atom stereocenters. The largest absolute Gasteiger partial charge is 0.497 e. The van der Waals surface area contributed by atoms with E-state index in [1.807, 2.05) is 36.4 Å². The standard InChI is InChI=1S/C25H25FN6O2/c1-34-21-8-4-18(5-9-21)24-29-28-22-10-11-23(30-32(22)24)31-14-12-19(13-15-31)25(33)27-16-17-2-6-20(26)7-3-17/h2-11,19H,12-16H2,1H3,(H,27,33). The number of fused-ring (bicyclic) bond motifs is 1. The summed E-state index contributed by atoms with van der Waals surface area (Å²) < 4.78 is 20.0. The van der Waals surface area contributed by atoms with E-state index >= 15 is 0 Å². The van der Waals surface area contributed by atoms with E-state index in [4.69, 9.17) is 9.84 Å². The van der Waals surface area contributed by atoms with Crippen LogP contribution in [0.4, 0.5) is 10.2 Å². The number of hydrogen-bond donors (Lipinski definition) is 1. The third-order valence-electron chi connectivity index (χ3n) is 6.17. The van der Waals surface area contributed by atoms with Gasteiger partial charge in [0.2, 0.25) is 5.91 Å². The number of piperidine rings is 1. The van der Waals surface area contributed by atoms with Crippen LogP contribution in [0.25, 0.3) is 17.0 Å². The van der Waals surface area contributed by atoms with Crippen molar-refractivity contribution in [2.24, 2.45) is 5.92 Å². The number of methoxy groups -OCH3 is 1. The van der Waals surface area contributed by atoms with Crippen LogP contribution < -0.4 is 15.0 Å².